The minimum absolute atomic E-state index is 0.397. The van der Waals surface area contributed by atoms with Gasteiger partial charge < -0.3 is 16.4 Å². The number of carbonyl (C=O) groups is 1. The molecule has 1 aromatic rings. The topological polar surface area (TPSA) is 72.3 Å². The van der Waals surface area contributed by atoms with Gasteiger partial charge in [-0.05, 0) is 43.4 Å². The van der Waals surface area contributed by atoms with Gasteiger partial charge in [0.15, 0.2) is 0 Å². The van der Waals surface area contributed by atoms with E-state index in [9.17, 15) is 4.79 Å². The quantitative estimate of drug-likeness (QED) is 0.790. The largest absolute Gasteiger partial charge is 0.397 e. The van der Waals surface area contributed by atoms with Gasteiger partial charge >= 0.3 is 0 Å². The van der Waals surface area contributed by atoms with Crippen LogP contribution in [0.3, 0.4) is 0 Å². The molecule has 0 unspecified atom stereocenters. The lowest BCUT2D eigenvalue weighted by Crippen LogP contribution is -2.35. The van der Waals surface area contributed by atoms with Gasteiger partial charge in [-0.3, -0.25) is 4.79 Å². The number of carbonyl (C=O) groups excluding carboxylic acids is 1. The fourth-order valence-corrected chi connectivity index (χ4v) is 3.06. The molecule has 0 aromatic heterocycles. The Bertz CT molecular complexity index is 493. The Morgan fingerprint density at radius 3 is 2.57 bits per heavy atom. The second kappa shape index (κ2) is 6.83. The van der Waals surface area contributed by atoms with E-state index in [0.717, 1.165) is 24.3 Å². The first-order chi connectivity index (χ1) is 9.99. The molecule has 1 aliphatic rings. The molecule has 1 saturated carbocycles. The molecule has 116 valence electrons. The van der Waals surface area contributed by atoms with Gasteiger partial charge in [0.2, 0.25) is 5.91 Å². The summed E-state index contributed by atoms with van der Waals surface area (Å²) in [6, 6.07) is 5.90. The summed E-state index contributed by atoms with van der Waals surface area (Å²) < 4.78 is 0. The molecule has 21 heavy (non-hydrogen) atoms. The van der Waals surface area contributed by atoms with Crippen molar-refractivity contribution in [3.05, 3.63) is 23.8 Å². The molecular formula is C17H27N3O. The zero-order chi connectivity index (χ0) is 15.4. The summed E-state index contributed by atoms with van der Waals surface area (Å²) in [6.07, 6.45) is 6.09. The monoisotopic (exact) mass is 289 g/mol. The number of hydrogen-bond acceptors (Lipinski definition) is 3. The molecule has 0 heterocycles. The van der Waals surface area contributed by atoms with Crippen molar-refractivity contribution >= 4 is 17.3 Å². The highest BCUT2D eigenvalue weighted by Crippen LogP contribution is 2.33. The van der Waals surface area contributed by atoms with E-state index in [2.05, 4.69) is 18.7 Å². The molecule has 0 bridgehead atoms. The summed E-state index contributed by atoms with van der Waals surface area (Å²) in [5, 5.41) is 0. The van der Waals surface area contributed by atoms with Gasteiger partial charge in [0.05, 0.1) is 11.4 Å². The highest BCUT2D eigenvalue weighted by atomic mass is 16.1. The maximum atomic E-state index is 11.4. The number of hydrogen-bond donors (Lipinski definition) is 2. The van der Waals surface area contributed by atoms with Gasteiger partial charge in [0.1, 0.15) is 0 Å². The van der Waals surface area contributed by atoms with E-state index < -0.39 is 5.91 Å². The predicted octanol–water partition coefficient (Wildman–Crippen LogP) is 3.16. The second-order valence-corrected chi connectivity index (χ2v) is 6.45. The van der Waals surface area contributed by atoms with Crippen molar-refractivity contribution in [1.82, 2.24) is 0 Å². The van der Waals surface area contributed by atoms with Crippen LogP contribution in [0.4, 0.5) is 11.4 Å². The summed E-state index contributed by atoms with van der Waals surface area (Å²) in [6.45, 7) is 5.45. The second-order valence-electron chi connectivity index (χ2n) is 6.45. The van der Waals surface area contributed by atoms with Crippen LogP contribution in [-0.2, 0) is 0 Å². The summed E-state index contributed by atoms with van der Waals surface area (Å²) in [4.78, 5) is 13.8. The van der Waals surface area contributed by atoms with Gasteiger partial charge in [-0.15, -0.1) is 0 Å². The third kappa shape index (κ3) is 3.90. The summed E-state index contributed by atoms with van der Waals surface area (Å²) >= 11 is 0. The van der Waals surface area contributed by atoms with Crippen molar-refractivity contribution < 1.29 is 4.79 Å². The minimum atomic E-state index is -0.397. The van der Waals surface area contributed by atoms with E-state index in [4.69, 9.17) is 11.5 Å². The zero-order valence-corrected chi connectivity index (χ0v) is 13.1. The molecule has 1 aliphatic carbocycles. The van der Waals surface area contributed by atoms with Crippen LogP contribution in [0.15, 0.2) is 18.2 Å². The fraction of sp³-hybridized carbons (Fsp3) is 0.588. The fourth-order valence-electron chi connectivity index (χ4n) is 3.06. The Morgan fingerprint density at radius 2 is 2.00 bits per heavy atom. The number of nitrogens with two attached hydrogens (primary N) is 2. The SMILES string of the molecule is CC(C)CCN(c1cc(C(N)=O)ccc1N)C1CCCC1. The number of nitrogens with zero attached hydrogens (tertiary/aromatic N) is 1. The first kappa shape index (κ1) is 15.7. The van der Waals surface area contributed by atoms with Crippen LogP contribution in [0.1, 0.15) is 56.3 Å². The van der Waals surface area contributed by atoms with E-state index in [0.29, 0.717) is 17.5 Å². The summed E-state index contributed by atoms with van der Waals surface area (Å²) in [5.74, 6) is 0.251. The van der Waals surface area contributed by atoms with Crippen LogP contribution in [0.5, 0.6) is 0 Å². The molecule has 1 fully saturated rings. The number of anilines is 2. The van der Waals surface area contributed by atoms with Crippen molar-refractivity contribution in [2.75, 3.05) is 17.2 Å². The van der Waals surface area contributed by atoms with E-state index in [1.165, 1.54) is 25.7 Å². The van der Waals surface area contributed by atoms with Crippen molar-refractivity contribution in [1.29, 1.82) is 0 Å². The Balaban J connectivity index is 2.29. The van der Waals surface area contributed by atoms with E-state index in [1.807, 2.05) is 6.07 Å². The average molecular weight is 289 g/mol. The predicted molar refractivity (Wildman–Crippen MR) is 88.4 cm³/mol. The van der Waals surface area contributed by atoms with Crippen LogP contribution >= 0.6 is 0 Å². The van der Waals surface area contributed by atoms with Crippen molar-refractivity contribution in [2.24, 2.45) is 11.7 Å². The standard InChI is InChI=1S/C17H27N3O/c1-12(2)9-10-20(14-5-3-4-6-14)16-11-13(17(19)21)7-8-15(16)18/h7-8,11-12,14H,3-6,9-10,18H2,1-2H3,(H2,19,21). The smallest absolute Gasteiger partial charge is 0.248 e. The van der Waals surface area contributed by atoms with Gasteiger partial charge in [0.25, 0.3) is 0 Å². The number of primary amides is 1. The van der Waals surface area contributed by atoms with Gasteiger partial charge in [0, 0.05) is 18.2 Å². The molecule has 0 saturated heterocycles. The van der Waals surface area contributed by atoms with Crippen LogP contribution < -0.4 is 16.4 Å². The molecule has 4 N–H and O–H groups in total. The Kier molecular flexibility index (Phi) is 5.10. The molecular weight excluding hydrogens is 262 g/mol. The summed E-state index contributed by atoms with van der Waals surface area (Å²) in [7, 11) is 0. The molecule has 1 aromatic carbocycles. The van der Waals surface area contributed by atoms with Gasteiger partial charge in [-0.2, -0.15) is 0 Å². The maximum absolute atomic E-state index is 11.4. The number of rotatable bonds is 6. The molecule has 4 nitrogen and oxygen atoms in total. The minimum Gasteiger partial charge on any atom is -0.397 e. The van der Waals surface area contributed by atoms with E-state index in [1.54, 1.807) is 12.1 Å². The van der Waals surface area contributed by atoms with Gasteiger partial charge in [-0.1, -0.05) is 26.7 Å². The van der Waals surface area contributed by atoms with Crippen LogP contribution in [-0.4, -0.2) is 18.5 Å². The molecule has 0 radical (unpaired) electrons. The van der Waals surface area contributed by atoms with E-state index >= 15 is 0 Å². The molecule has 0 atom stereocenters. The van der Waals surface area contributed by atoms with Crippen molar-refractivity contribution in [3.63, 3.8) is 0 Å². The number of benzene rings is 1. The Labute approximate surface area is 127 Å². The normalized spacial score (nSPS) is 15.6. The number of amides is 1. The summed E-state index contributed by atoms with van der Waals surface area (Å²) in [5.41, 5.74) is 13.8. The lowest BCUT2D eigenvalue weighted by Gasteiger charge is -2.33. The van der Waals surface area contributed by atoms with Crippen LogP contribution in [0.25, 0.3) is 0 Å². The molecule has 0 aliphatic heterocycles. The van der Waals surface area contributed by atoms with Gasteiger partial charge in [-0.25, -0.2) is 0 Å². The highest BCUT2D eigenvalue weighted by molar-refractivity contribution is 5.95. The van der Waals surface area contributed by atoms with Crippen LogP contribution in [0.2, 0.25) is 0 Å². The molecule has 2 rings (SSSR count). The first-order valence-electron chi connectivity index (χ1n) is 7.95. The first-order valence-corrected chi connectivity index (χ1v) is 7.95. The maximum Gasteiger partial charge on any atom is 0.248 e. The Hall–Kier alpha value is -1.71. The van der Waals surface area contributed by atoms with Crippen LogP contribution in [0, 0.1) is 5.92 Å². The molecule has 0 spiro atoms. The van der Waals surface area contributed by atoms with Crippen molar-refractivity contribution in [2.45, 2.75) is 52.0 Å². The van der Waals surface area contributed by atoms with Crippen molar-refractivity contribution in [3.8, 4) is 0 Å². The lowest BCUT2D eigenvalue weighted by molar-refractivity contribution is 0.100. The highest BCUT2D eigenvalue weighted by Gasteiger charge is 2.24. The lowest BCUT2D eigenvalue weighted by atomic mass is 10.1. The Morgan fingerprint density at radius 1 is 1.33 bits per heavy atom. The molecule has 1 amide bonds. The molecule has 4 heteroatoms. The number of nitrogen functional groups attached to an aromatic ring is 1. The third-order valence-corrected chi connectivity index (χ3v) is 4.34. The average Bonchev–Trinajstić information content (AvgIpc) is 2.94. The van der Waals surface area contributed by atoms with E-state index in [-0.39, 0.29) is 0 Å². The zero-order valence-electron chi connectivity index (χ0n) is 13.1. The third-order valence-electron chi connectivity index (χ3n) is 4.34.